The first-order chi connectivity index (χ1) is 10.9. The van der Waals surface area contributed by atoms with Crippen LogP contribution in [0.4, 0.5) is 4.39 Å². The molecule has 0 atom stereocenters. The number of hydrogen-bond acceptors (Lipinski definition) is 6. The topological polar surface area (TPSA) is 61.3 Å². The summed E-state index contributed by atoms with van der Waals surface area (Å²) in [4.78, 5) is 20.0. The predicted molar refractivity (Wildman–Crippen MR) is 87.1 cm³/mol. The summed E-state index contributed by atoms with van der Waals surface area (Å²) in [5, 5.41) is 0.487. The van der Waals surface area contributed by atoms with Crippen molar-refractivity contribution < 1.29 is 18.7 Å². The zero-order chi connectivity index (χ0) is 17.1. The third kappa shape index (κ3) is 3.36. The average Bonchev–Trinajstić information content (AvgIpc) is 2.55. The number of rotatable bonds is 4. The Kier molecular flexibility index (Phi) is 5.67. The lowest BCUT2D eigenvalue weighted by molar-refractivity contribution is 0.0593. The minimum absolute atomic E-state index is 0.0217. The van der Waals surface area contributed by atoms with Gasteiger partial charge in [-0.05, 0) is 18.4 Å². The second-order valence-electron chi connectivity index (χ2n) is 4.15. The molecule has 0 unspecified atom stereocenters. The Morgan fingerprint density at radius 3 is 2.52 bits per heavy atom. The first-order valence-electron chi connectivity index (χ1n) is 6.16. The van der Waals surface area contributed by atoms with Gasteiger partial charge in [0, 0.05) is 0 Å². The predicted octanol–water partition coefficient (Wildman–Crippen LogP) is 4.11. The van der Waals surface area contributed by atoms with E-state index in [9.17, 15) is 9.18 Å². The highest BCUT2D eigenvalue weighted by atomic mass is 35.5. The van der Waals surface area contributed by atoms with Gasteiger partial charge >= 0.3 is 5.97 Å². The zero-order valence-corrected chi connectivity index (χ0v) is 14.6. The number of carbonyl (C=O) groups is 1. The van der Waals surface area contributed by atoms with E-state index in [1.54, 1.807) is 6.26 Å². The van der Waals surface area contributed by atoms with E-state index in [0.29, 0.717) is 5.03 Å². The quantitative estimate of drug-likeness (QED) is 0.454. The van der Waals surface area contributed by atoms with Crippen molar-refractivity contribution in [2.45, 2.75) is 5.03 Å². The van der Waals surface area contributed by atoms with Crippen molar-refractivity contribution in [1.29, 1.82) is 0 Å². The highest BCUT2D eigenvalue weighted by molar-refractivity contribution is 7.98. The molecule has 1 aromatic carbocycles. The molecule has 0 aliphatic rings. The molecule has 0 aliphatic carbocycles. The fourth-order valence-corrected chi connectivity index (χ4v) is 2.88. The van der Waals surface area contributed by atoms with Crippen molar-refractivity contribution in [3.05, 3.63) is 33.7 Å². The average molecular weight is 377 g/mol. The molecule has 0 N–H and O–H groups in total. The fourth-order valence-electron chi connectivity index (χ4n) is 1.81. The normalized spacial score (nSPS) is 10.5. The van der Waals surface area contributed by atoms with Crippen LogP contribution in [-0.4, -0.2) is 36.4 Å². The van der Waals surface area contributed by atoms with Gasteiger partial charge in [0.1, 0.15) is 10.0 Å². The highest BCUT2D eigenvalue weighted by Gasteiger charge is 2.23. The Hall–Kier alpha value is -1.57. The summed E-state index contributed by atoms with van der Waals surface area (Å²) in [5.74, 6) is -1.62. The first-order valence-corrected chi connectivity index (χ1v) is 8.14. The Balaban J connectivity index is 2.72. The molecule has 1 aromatic heterocycles. The number of halogens is 3. The zero-order valence-electron chi connectivity index (χ0n) is 12.3. The number of nitrogens with zero attached hydrogens (tertiary/aromatic N) is 2. The second kappa shape index (κ2) is 7.33. The molecule has 0 spiro atoms. The lowest BCUT2D eigenvalue weighted by atomic mass is 10.1. The summed E-state index contributed by atoms with van der Waals surface area (Å²) in [5.41, 5.74) is -0.111. The summed E-state index contributed by atoms with van der Waals surface area (Å²) >= 11 is 13.1. The second-order valence-corrected chi connectivity index (χ2v) is 5.73. The van der Waals surface area contributed by atoms with Crippen molar-refractivity contribution in [2.75, 3.05) is 20.5 Å². The van der Waals surface area contributed by atoms with E-state index in [1.165, 1.54) is 38.1 Å². The van der Waals surface area contributed by atoms with Crippen LogP contribution in [-0.2, 0) is 4.74 Å². The maximum absolute atomic E-state index is 14.5. The largest absolute Gasteiger partial charge is 0.492 e. The van der Waals surface area contributed by atoms with Crippen molar-refractivity contribution in [3.8, 4) is 17.1 Å². The Bertz CT molecular complexity index is 774. The molecule has 0 radical (unpaired) electrons. The summed E-state index contributed by atoms with van der Waals surface area (Å²) in [7, 11) is 2.50. The van der Waals surface area contributed by atoms with E-state index in [1.807, 2.05) is 0 Å². The van der Waals surface area contributed by atoms with Crippen LogP contribution in [0.15, 0.2) is 17.2 Å². The van der Waals surface area contributed by atoms with Crippen molar-refractivity contribution in [1.82, 2.24) is 9.97 Å². The van der Waals surface area contributed by atoms with Crippen LogP contribution < -0.4 is 4.74 Å². The number of hydrogen-bond donors (Lipinski definition) is 0. The van der Waals surface area contributed by atoms with Gasteiger partial charge in [0.25, 0.3) is 0 Å². The molecule has 1 heterocycles. The van der Waals surface area contributed by atoms with Crippen LogP contribution in [0.2, 0.25) is 10.0 Å². The number of methoxy groups -OCH3 is 2. The Morgan fingerprint density at radius 1 is 1.26 bits per heavy atom. The van der Waals surface area contributed by atoms with Gasteiger partial charge in [-0.15, -0.1) is 11.8 Å². The number of benzene rings is 1. The molecule has 23 heavy (non-hydrogen) atoms. The molecule has 0 aliphatic heterocycles. The van der Waals surface area contributed by atoms with Gasteiger partial charge in [-0.2, -0.15) is 0 Å². The third-order valence-corrected chi connectivity index (χ3v) is 4.34. The van der Waals surface area contributed by atoms with Crippen molar-refractivity contribution >= 4 is 40.9 Å². The molecule has 5 nitrogen and oxygen atoms in total. The van der Waals surface area contributed by atoms with Crippen LogP contribution in [0, 0.1) is 5.82 Å². The molecule has 0 saturated heterocycles. The molecule has 122 valence electrons. The lowest BCUT2D eigenvalue weighted by Crippen LogP contribution is -2.09. The van der Waals surface area contributed by atoms with Crippen molar-refractivity contribution in [2.24, 2.45) is 0 Å². The molecule has 0 fully saturated rings. The Morgan fingerprint density at radius 2 is 1.96 bits per heavy atom. The van der Waals surface area contributed by atoms with Gasteiger partial charge in [-0.25, -0.2) is 19.2 Å². The monoisotopic (exact) mass is 376 g/mol. The molecule has 0 amide bonds. The molecule has 9 heteroatoms. The van der Waals surface area contributed by atoms with E-state index >= 15 is 0 Å². The van der Waals surface area contributed by atoms with Crippen LogP contribution in [0.5, 0.6) is 5.75 Å². The van der Waals surface area contributed by atoms with Crippen LogP contribution in [0.25, 0.3) is 11.4 Å². The molecular formula is C14H11Cl2FN2O3S. The SMILES string of the molecule is COC(=O)c1nc(-c2ccc(Cl)c(OC)c2F)nc(SC)c1Cl. The molecule has 2 rings (SSSR count). The van der Waals surface area contributed by atoms with Gasteiger partial charge < -0.3 is 9.47 Å². The Labute approximate surface area is 146 Å². The van der Waals surface area contributed by atoms with Gasteiger partial charge in [0.05, 0.1) is 24.8 Å². The lowest BCUT2D eigenvalue weighted by Gasteiger charge is -2.11. The van der Waals surface area contributed by atoms with E-state index in [0.717, 1.165) is 0 Å². The highest BCUT2D eigenvalue weighted by Crippen LogP contribution is 2.35. The van der Waals surface area contributed by atoms with Gasteiger partial charge in [-0.1, -0.05) is 23.2 Å². The van der Waals surface area contributed by atoms with Crippen LogP contribution in [0.3, 0.4) is 0 Å². The maximum atomic E-state index is 14.5. The summed E-state index contributed by atoms with van der Waals surface area (Å²) in [6.07, 6.45) is 1.72. The van der Waals surface area contributed by atoms with Gasteiger partial charge in [0.2, 0.25) is 0 Å². The summed E-state index contributed by atoms with van der Waals surface area (Å²) in [6, 6.07) is 2.85. The van der Waals surface area contributed by atoms with E-state index < -0.39 is 11.8 Å². The maximum Gasteiger partial charge on any atom is 0.358 e. The number of thioether (sulfide) groups is 1. The molecule has 0 bridgehead atoms. The number of ether oxygens (including phenoxy) is 2. The smallest absolute Gasteiger partial charge is 0.358 e. The standard InChI is InChI=1S/C14H11Cl2FN2O3S/c1-21-11-7(15)5-4-6(9(11)17)12-18-10(14(20)22-2)8(16)13(19-12)23-3/h4-5H,1-3H3. The van der Waals surface area contributed by atoms with Crippen LogP contribution >= 0.6 is 35.0 Å². The van der Waals surface area contributed by atoms with Gasteiger partial charge in [-0.3, -0.25) is 0 Å². The summed E-state index contributed by atoms with van der Waals surface area (Å²) < 4.78 is 24.1. The van der Waals surface area contributed by atoms with Crippen molar-refractivity contribution in [3.63, 3.8) is 0 Å². The van der Waals surface area contributed by atoms with E-state index in [-0.39, 0.29) is 32.9 Å². The first kappa shape index (κ1) is 17.8. The molecular weight excluding hydrogens is 366 g/mol. The minimum atomic E-state index is -0.740. The molecule has 2 aromatic rings. The van der Waals surface area contributed by atoms with Crippen LogP contribution in [0.1, 0.15) is 10.5 Å². The fraction of sp³-hybridized carbons (Fsp3) is 0.214. The number of aromatic nitrogens is 2. The van der Waals surface area contributed by atoms with E-state index in [2.05, 4.69) is 14.7 Å². The molecule has 0 saturated carbocycles. The van der Waals surface area contributed by atoms with Gasteiger partial charge in [0.15, 0.2) is 23.1 Å². The van der Waals surface area contributed by atoms with E-state index in [4.69, 9.17) is 27.9 Å². The summed E-state index contributed by atoms with van der Waals surface area (Å²) in [6.45, 7) is 0. The number of carbonyl (C=O) groups excluding carboxylic acids is 1. The minimum Gasteiger partial charge on any atom is -0.492 e. The number of esters is 1. The third-order valence-electron chi connectivity index (χ3n) is 2.89.